The third kappa shape index (κ3) is 1.26. The van der Waals surface area contributed by atoms with E-state index in [1.54, 1.807) is 11.8 Å². The molecule has 2 nitrogen and oxygen atoms in total. The molecule has 0 aliphatic heterocycles. The first-order valence-corrected chi connectivity index (χ1v) is 5.80. The van der Waals surface area contributed by atoms with E-state index in [0.717, 1.165) is 15.0 Å². The first-order valence-electron chi connectivity index (χ1n) is 3.70. The van der Waals surface area contributed by atoms with Crippen LogP contribution in [0.4, 0.5) is 0 Å². The van der Waals surface area contributed by atoms with Crippen molar-refractivity contribution in [3.63, 3.8) is 0 Å². The third-order valence-electron chi connectivity index (χ3n) is 1.88. The molecule has 0 saturated heterocycles. The van der Waals surface area contributed by atoms with Gasteiger partial charge in [-0.05, 0) is 18.4 Å². The summed E-state index contributed by atoms with van der Waals surface area (Å²) < 4.78 is 0.754. The van der Waals surface area contributed by atoms with E-state index in [1.807, 2.05) is 17.7 Å². The molecule has 68 valence electrons. The van der Waals surface area contributed by atoms with Crippen LogP contribution in [0.25, 0.3) is 10.1 Å². The molecule has 1 aromatic heterocycles. The molecular weight excluding hydrogens is 204 g/mol. The molecule has 0 fully saturated rings. The molecule has 0 aliphatic carbocycles. The molecule has 2 N–H and O–H groups in total. The summed E-state index contributed by atoms with van der Waals surface area (Å²) in [6, 6.07) is 3.34. The Morgan fingerprint density at radius 2 is 2.08 bits per heavy atom. The van der Waals surface area contributed by atoms with Gasteiger partial charge in [0.15, 0.2) is 11.5 Å². The minimum atomic E-state index is -0.0537. The van der Waals surface area contributed by atoms with Gasteiger partial charge in [0.25, 0.3) is 0 Å². The summed E-state index contributed by atoms with van der Waals surface area (Å²) >= 11 is 3.09. The van der Waals surface area contributed by atoms with E-state index in [9.17, 15) is 10.2 Å². The van der Waals surface area contributed by atoms with Gasteiger partial charge in [-0.1, -0.05) is 0 Å². The maximum absolute atomic E-state index is 9.52. The largest absolute Gasteiger partial charge is 0.504 e. The second-order valence-corrected chi connectivity index (χ2v) is 4.34. The number of hydrogen-bond donors (Lipinski definition) is 2. The Morgan fingerprint density at radius 3 is 2.77 bits per heavy atom. The number of thioether (sulfide) groups is 1. The number of thiophene rings is 1. The molecule has 0 saturated carbocycles. The van der Waals surface area contributed by atoms with E-state index in [1.165, 1.54) is 17.4 Å². The summed E-state index contributed by atoms with van der Waals surface area (Å²) in [6.07, 6.45) is 1.99. The first kappa shape index (κ1) is 8.72. The summed E-state index contributed by atoms with van der Waals surface area (Å²) in [4.78, 5) is 1.13. The van der Waals surface area contributed by atoms with Gasteiger partial charge in [0, 0.05) is 15.7 Å². The van der Waals surface area contributed by atoms with E-state index in [2.05, 4.69) is 0 Å². The van der Waals surface area contributed by atoms with Crippen molar-refractivity contribution in [2.75, 3.05) is 6.26 Å². The molecule has 0 radical (unpaired) electrons. The predicted octanol–water partition coefficient (Wildman–Crippen LogP) is 3.03. The maximum atomic E-state index is 9.52. The second kappa shape index (κ2) is 3.12. The molecule has 2 rings (SSSR count). The van der Waals surface area contributed by atoms with Crippen LogP contribution in [0.2, 0.25) is 0 Å². The fourth-order valence-electron chi connectivity index (χ4n) is 1.21. The van der Waals surface area contributed by atoms with E-state index < -0.39 is 0 Å². The van der Waals surface area contributed by atoms with E-state index in [-0.39, 0.29) is 11.5 Å². The highest BCUT2D eigenvalue weighted by Gasteiger charge is 2.09. The van der Waals surface area contributed by atoms with Crippen LogP contribution in [0.1, 0.15) is 0 Å². The van der Waals surface area contributed by atoms with Crippen LogP contribution in [-0.2, 0) is 0 Å². The van der Waals surface area contributed by atoms with Gasteiger partial charge in [0.05, 0.1) is 4.70 Å². The number of hydrogen-bond acceptors (Lipinski definition) is 4. The summed E-state index contributed by atoms with van der Waals surface area (Å²) in [6.45, 7) is 0. The first-order chi connectivity index (χ1) is 6.24. The second-order valence-electron chi connectivity index (χ2n) is 2.61. The van der Waals surface area contributed by atoms with Gasteiger partial charge in [-0.15, -0.1) is 23.1 Å². The zero-order valence-electron chi connectivity index (χ0n) is 6.94. The Bertz CT molecular complexity index is 448. The van der Waals surface area contributed by atoms with Crippen molar-refractivity contribution < 1.29 is 10.2 Å². The van der Waals surface area contributed by atoms with E-state index in [4.69, 9.17) is 0 Å². The van der Waals surface area contributed by atoms with Crippen LogP contribution < -0.4 is 0 Å². The molecule has 0 spiro atoms. The Hall–Kier alpha value is -0.870. The molecule has 13 heavy (non-hydrogen) atoms. The van der Waals surface area contributed by atoms with Gasteiger partial charge in [0.1, 0.15) is 0 Å². The van der Waals surface area contributed by atoms with Gasteiger partial charge in [0.2, 0.25) is 0 Å². The molecule has 0 atom stereocenters. The highest BCUT2D eigenvalue weighted by atomic mass is 32.2. The summed E-state index contributed by atoms with van der Waals surface area (Å²) in [5.41, 5.74) is 0. The Kier molecular flexibility index (Phi) is 2.09. The van der Waals surface area contributed by atoms with Gasteiger partial charge >= 0.3 is 0 Å². The van der Waals surface area contributed by atoms with Gasteiger partial charge in [-0.25, -0.2) is 0 Å². The Labute approximate surface area is 83.8 Å². The standard InChI is InChI=1S/C9H8O2S2/c1-12-7-4-13-9-5(7)2-3-6(10)8(9)11/h2-4,10-11H,1H3. The normalized spacial score (nSPS) is 10.8. The Balaban J connectivity index is 2.81. The average molecular weight is 212 g/mol. The van der Waals surface area contributed by atoms with Crippen LogP contribution in [0, 0.1) is 0 Å². The minimum absolute atomic E-state index is 0.0113. The lowest BCUT2D eigenvalue weighted by Crippen LogP contribution is -1.70. The highest BCUT2D eigenvalue weighted by molar-refractivity contribution is 7.99. The smallest absolute Gasteiger partial charge is 0.175 e. The fraction of sp³-hybridized carbons (Fsp3) is 0.111. The lowest BCUT2D eigenvalue weighted by molar-refractivity contribution is 0.409. The highest BCUT2D eigenvalue weighted by Crippen LogP contribution is 2.41. The van der Waals surface area contributed by atoms with Crippen molar-refractivity contribution in [3.05, 3.63) is 17.5 Å². The van der Waals surface area contributed by atoms with Crippen molar-refractivity contribution in [1.82, 2.24) is 0 Å². The van der Waals surface area contributed by atoms with Gasteiger partial charge in [-0.3, -0.25) is 0 Å². The zero-order valence-corrected chi connectivity index (χ0v) is 8.58. The van der Waals surface area contributed by atoms with Crippen molar-refractivity contribution in [3.8, 4) is 11.5 Å². The van der Waals surface area contributed by atoms with Gasteiger partial charge < -0.3 is 10.2 Å². The molecular formula is C9H8O2S2. The van der Waals surface area contributed by atoms with Crippen molar-refractivity contribution in [2.24, 2.45) is 0 Å². The van der Waals surface area contributed by atoms with Crippen LogP contribution in [0.15, 0.2) is 22.4 Å². The van der Waals surface area contributed by atoms with E-state index >= 15 is 0 Å². The molecule has 0 amide bonds. The monoisotopic (exact) mass is 212 g/mol. The van der Waals surface area contributed by atoms with Crippen molar-refractivity contribution >= 4 is 33.2 Å². The predicted molar refractivity (Wildman–Crippen MR) is 56.9 cm³/mol. The molecule has 0 bridgehead atoms. The number of phenols is 2. The SMILES string of the molecule is CSc1csc2c(O)c(O)ccc12. The van der Waals surface area contributed by atoms with Crippen molar-refractivity contribution in [2.45, 2.75) is 4.90 Å². The summed E-state index contributed by atoms with van der Waals surface area (Å²) in [7, 11) is 0. The lowest BCUT2D eigenvalue weighted by atomic mass is 10.2. The van der Waals surface area contributed by atoms with Gasteiger partial charge in [-0.2, -0.15) is 0 Å². The lowest BCUT2D eigenvalue weighted by Gasteiger charge is -1.98. The summed E-state index contributed by atoms with van der Waals surface area (Å²) in [5.74, 6) is -0.0650. The topological polar surface area (TPSA) is 40.5 Å². The van der Waals surface area contributed by atoms with Crippen LogP contribution in [-0.4, -0.2) is 16.5 Å². The number of aromatic hydroxyl groups is 2. The quantitative estimate of drug-likeness (QED) is 0.564. The van der Waals surface area contributed by atoms with Crippen LogP contribution in [0.3, 0.4) is 0 Å². The minimum Gasteiger partial charge on any atom is -0.504 e. The maximum Gasteiger partial charge on any atom is 0.175 e. The number of rotatable bonds is 1. The number of benzene rings is 1. The van der Waals surface area contributed by atoms with Crippen LogP contribution >= 0.6 is 23.1 Å². The number of fused-ring (bicyclic) bond motifs is 1. The number of phenolic OH excluding ortho intramolecular Hbond substituents is 2. The molecule has 0 unspecified atom stereocenters. The fourth-order valence-corrected chi connectivity index (χ4v) is 3.06. The molecule has 1 heterocycles. The van der Waals surface area contributed by atoms with Crippen molar-refractivity contribution in [1.29, 1.82) is 0 Å². The molecule has 0 aliphatic rings. The average Bonchev–Trinajstić information content (AvgIpc) is 2.55. The molecule has 1 aromatic carbocycles. The molecule has 2 aromatic rings. The van der Waals surface area contributed by atoms with Crippen LogP contribution in [0.5, 0.6) is 11.5 Å². The third-order valence-corrected chi connectivity index (χ3v) is 3.81. The van der Waals surface area contributed by atoms with E-state index in [0.29, 0.717) is 0 Å². The molecule has 4 heteroatoms. The Morgan fingerprint density at radius 1 is 1.31 bits per heavy atom. The summed E-state index contributed by atoms with van der Waals surface area (Å²) in [5, 5.41) is 21.8. The zero-order chi connectivity index (χ0) is 9.42.